The second-order valence-electron chi connectivity index (χ2n) is 6.38. The first-order valence-corrected chi connectivity index (χ1v) is 10.2. The molecule has 2 aromatic carbocycles. The SMILES string of the molecule is COCCN(Cc1nc(C(=O)Nc2ccccc2F)cs1)C(=O)Nc1ccccc1F. The minimum absolute atomic E-state index is 0.0491. The van der Waals surface area contributed by atoms with Gasteiger partial charge in [0, 0.05) is 19.0 Å². The van der Waals surface area contributed by atoms with Crippen LogP contribution < -0.4 is 10.6 Å². The second-order valence-corrected chi connectivity index (χ2v) is 7.33. The number of urea groups is 1. The van der Waals surface area contributed by atoms with Crippen LogP contribution in [0.25, 0.3) is 0 Å². The Morgan fingerprint density at radius 2 is 1.65 bits per heavy atom. The summed E-state index contributed by atoms with van der Waals surface area (Å²) in [5.74, 6) is -1.67. The van der Waals surface area contributed by atoms with Crippen LogP contribution in [0.15, 0.2) is 53.9 Å². The van der Waals surface area contributed by atoms with Crippen molar-refractivity contribution < 1.29 is 23.1 Å². The molecule has 0 atom stereocenters. The van der Waals surface area contributed by atoms with Crippen molar-refractivity contribution in [3.05, 3.63) is 76.2 Å². The standard InChI is InChI=1S/C21H20F2N4O3S/c1-30-11-10-27(21(29)26-17-9-5-3-7-15(17)23)12-19-24-18(13-31-19)20(28)25-16-8-4-2-6-14(16)22/h2-9,13H,10-12H2,1H3,(H,25,28)(H,26,29). The smallest absolute Gasteiger partial charge is 0.322 e. The van der Waals surface area contributed by atoms with E-state index < -0.39 is 23.6 Å². The van der Waals surface area contributed by atoms with E-state index in [1.54, 1.807) is 12.1 Å². The summed E-state index contributed by atoms with van der Waals surface area (Å²) in [6.07, 6.45) is 0. The van der Waals surface area contributed by atoms with E-state index in [1.807, 2.05) is 0 Å². The van der Waals surface area contributed by atoms with Gasteiger partial charge in [-0.05, 0) is 24.3 Å². The molecule has 0 radical (unpaired) electrons. The molecule has 1 aromatic heterocycles. The number of benzene rings is 2. The fraction of sp³-hybridized carbons (Fsp3) is 0.190. The molecule has 10 heteroatoms. The minimum atomic E-state index is -0.563. The number of methoxy groups -OCH3 is 1. The van der Waals surface area contributed by atoms with Gasteiger partial charge in [0.25, 0.3) is 5.91 Å². The molecular weight excluding hydrogens is 426 g/mol. The lowest BCUT2D eigenvalue weighted by Gasteiger charge is -2.22. The number of ether oxygens (including phenoxy) is 1. The van der Waals surface area contributed by atoms with Crippen LogP contribution in [-0.2, 0) is 11.3 Å². The van der Waals surface area contributed by atoms with Crippen LogP contribution >= 0.6 is 11.3 Å². The Balaban J connectivity index is 1.68. The van der Waals surface area contributed by atoms with Gasteiger partial charge in [0.15, 0.2) is 0 Å². The Hall–Kier alpha value is -3.37. The van der Waals surface area contributed by atoms with Crippen LogP contribution in [0.3, 0.4) is 0 Å². The quantitative estimate of drug-likeness (QED) is 0.539. The summed E-state index contributed by atoms with van der Waals surface area (Å²) in [6.45, 7) is 0.575. The maximum absolute atomic E-state index is 13.9. The van der Waals surface area contributed by atoms with Gasteiger partial charge in [0.05, 0.1) is 24.5 Å². The number of hydrogen-bond acceptors (Lipinski definition) is 5. The van der Waals surface area contributed by atoms with Gasteiger partial charge >= 0.3 is 6.03 Å². The predicted molar refractivity (Wildman–Crippen MR) is 114 cm³/mol. The van der Waals surface area contributed by atoms with E-state index >= 15 is 0 Å². The molecule has 1 heterocycles. The topological polar surface area (TPSA) is 83.6 Å². The Morgan fingerprint density at radius 3 is 2.26 bits per heavy atom. The Bertz CT molecular complexity index is 1060. The van der Waals surface area contributed by atoms with Crippen molar-refractivity contribution in [2.24, 2.45) is 0 Å². The maximum atomic E-state index is 13.9. The van der Waals surface area contributed by atoms with E-state index in [9.17, 15) is 18.4 Å². The zero-order valence-electron chi connectivity index (χ0n) is 16.6. The number of carbonyl (C=O) groups is 2. The number of rotatable bonds is 8. The van der Waals surface area contributed by atoms with Crippen molar-refractivity contribution in [3.63, 3.8) is 0 Å². The summed E-state index contributed by atoms with van der Waals surface area (Å²) in [5.41, 5.74) is 0.205. The molecule has 7 nitrogen and oxygen atoms in total. The first kappa shape index (κ1) is 22.3. The molecule has 31 heavy (non-hydrogen) atoms. The monoisotopic (exact) mass is 446 g/mol. The highest BCUT2D eigenvalue weighted by Crippen LogP contribution is 2.18. The van der Waals surface area contributed by atoms with E-state index in [2.05, 4.69) is 15.6 Å². The number of thiazole rings is 1. The number of nitrogens with one attached hydrogen (secondary N) is 2. The van der Waals surface area contributed by atoms with Crippen LogP contribution in [0.1, 0.15) is 15.5 Å². The van der Waals surface area contributed by atoms with E-state index in [0.29, 0.717) is 5.01 Å². The van der Waals surface area contributed by atoms with Crippen molar-refractivity contribution in [1.82, 2.24) is 9.88 Å². The summed E-state index contributed by atoms with van der Waals surface area (Å²) in [4.78, 5) is 30.6. The number of hydrogen-bond donors (Lipinski definition) is 2. The molecule has 0 aliphatic heterocycles. The van der Waals surface area contributed by atoms with Crippen LogP contribution in [0, 0.1) is 11.6 Å². The summed E-state index contributed by atoms with van der Waals surface area (Å²) in [5, 5.41) is 6.99. The maximum Gasteiger partial charge on any atom is 0.322 e. The third kappa shape index (κ3) is 6.06. The molecule has 0 spiro atoms. The number of para-hydroxylation sites is 2. The lowest BCUT2D eigenvalue weighted by molar-refractivity contribution is 0.102. The second kappa shape index (κ2) is 10.6. The van der Waals surface area contributed by atoms with Crippen molar-refractivity contribution in [1.29, 1.82) is 0 Å². The van der Waals surface area contributed by atoms with Gasteiger partial charge in [-0.3, -0.25) is 4.79 Å². The molecule has 2 N–H and O–H groups in total. The van der Waals surface area contributed by atoms with Crippen molar-refractivity contribution in [2.45, 2.75) is 6.54 Å². The predicted octanol–water partition coefficient (Wildman–Crippen LogP) is 4.35. The minimum Gasteiger partial charge on any atom is -0.383 e. The third-order valence-corrected chi connectivity index (χ3v) is 5.03. The van der Waals surface area contributed by atoms with Gasteiger partial charge in [0.1, 0.15) is 22.3 Å². The highest BCUT2D eigenvalue weighted by Gasteiger charge is 2.19. The van der Waals surface area contributed by atoms with Gasteiger partial charge in [-0.15, -0.1) is 11.3 Å². The Kier molecular flexibility index (Phi) is 7.63. The molecule has 0 bridgehead atoms. The van der Waals surface area contributed by atoms with Crippen LogP contribution in [0.2, 0.25) is 0 Å². The molecule has 3 aromatic rings. The van der Waals surface area contributed by atoms with Gasteiger partial charge in [-0.2, -0.15) is 0 Å². The van der Waals surface area contributed by atoms with Crippen molar-refractivity contribution >= 4 is 34.6 Å². The van der Waals surface area contributed by atoms with Gasteiger partial charge in [-0.25, -0.2) is 18.6 Å². The lowest BCUT2D eigenvalue weighted by atomic mass is 10.3. The molecule has 3 amide bonds. The number of anilines is 2. The highest BCUT2D eigenvalue weighted by molar-refractivity contribution is 7.09. The van der Waals surface area contributed by atoms with Gasteiger partial charge in [0.2, 0.25) is 0 Å². The molecule has 0 saturated heterocycles. The summed E-state index contributed by atoms with van der Waals surface area (Å²) in [7, 11) is 1.50. The van der Waals surface area contributed by atoms with Crippen molar-refractivity contribution in [3.8, 4) is 0 Å². The number of amides is 3. The average Bonchev–Trinajstić information content (AvgIpc) is 3.23. The van der Waals surface area contributed by atoms with E-state index in [4.69, 9.17) is 4.74 Å². The molecule has 0 aliphatic rings. The first-order chi connectivity index (χ1) is 15.0. The molecule has 0 fully saturated rings. The molecule has 0 saturated carbocycles. The first-order valence-electron chi connectivity index (χ1n) is 9.27. The fourth-order valence-electron chi connectivity index (χ4n) is 2.61. The van der Waals surface area contributed by atoms with Crippen LogP contribution in [0.4, 0.5) is 25.0 Å². The Labute approximate surface area is 181 Å². The van der Waals surface area contributed by atoms with Gasteiger partial charge in [-0.1, -0.05) is 24.3 Å². The molecule has 3 rings (SSSR count). The number of carbonyl (C=O) groups excluding carboxylic acids is 2. The average molecular weight is 446 g/mol. The number of halogens is 2. The third-order valence-electron chi connectivity index (χ3n) is 4.20. The highest BCUT2D eigenvalue weighted by atomic mass is 32.1. The fourth-order valence-corrected chi connectivity index (χ4v) is 3.40. The molecule has 162 valence electrons. The number of aromatic nitrogens is 1. The van der Waals surface area contributed by atoms with E-state index in [1.165, 1.54) is 65.1 Å². The lowest BCUT2D eigenvalue weighted by Crippen LogP contribution is -2.37. The van der Waals surface area contributed by atoms with E-state index in [-0.39, 0.29) is 36.8 Å². The normalized spacial score (nSPS) is 10.5. The van der Waals surface area contributed by atoms with Crippen LogP contribution in [-0.4, -0.2) is 42.1 Å². The summed E-state index contributed by atoms with van der Waals surface area (Å²) < 4.78 is 32.6. The molecule has 0 unspecified atom stereocenters. The van der Waals surface area contributed by atoms with Crippen LogP contribution in [0.5, 0.6) is 0 Å². The largest absolute Gasteiger partial charge is 0.383 e. The number of nitrogens with zero attached hydrogens (tertiary/aromatic N) is 2. The molecular formula is C21H20F2N4O3S. The zero-order chi connectivity index (χ0) is 22.2. The van der Waals surface area contributed by atoms with Gasteiger partial charge < -0.3 is 20.3 Å². The van der Waals surface area contributed by atoms with E-state index in [0.717, 1.165) is 0 Å². The Morgan fingerprint density at radius 1 is 1.03 bits per heavy atom. The summed E-state index contributed by atoms with van der Waals surface area (Å²) in [6, 6.07) is 11.1. The molecule has 0 aliphatic carbocycles. The summed E-state index contributed by atoms with van der Waals surface area (Å²) >= 11 is 1.18. The zero-order valence-corrected chi connectivity index (χ0v) is 17.4. The van der Waals surface area contributed by atoms with Crippen molar-refractivity contribution in [2.75, 3.05) is 30.9 Å².